The van der Waals surface area contributed by atoms with Crippen molar-refractivity contribution in [2.24, 2.45) is 0 Å². The summed E-state index contributed by atoms with van der Waals surface area (Å²) in [5.74, 6) is 0.944. The van der Waals surface area contributed by atoms with Gasteiger partial charge in [0.1, 0.15) is 5.75 Å². The van der Waals surface area contributed by atoms with E-state index >= 15 is 0 Å². The second-order valence-electron chi connectivity index (χ2n) is 3.60. The predicted octanol–water partition coefficient (Wildman–Crippen LogP) is 3.33. The highest BCUT2D eigenvalue weighted by Crippen LogP contribution is 2.27. The van der Waals surface area contributed by atoms with Gasteiger partial charge in [-0.1, -0.05) is 19.1 Å². The molecule has 2 heteroatoms. The van der Waals surface area contributed by atoms with Crippen LogP contribution in [0.2, 0.25) is 0 Å². The van der Waals surface area contributed by atoms with Crippen LogP contribution in [0.3, 0.4) is 0 Å². The van der Waals surface area contributed by atoms with Crippen LogP contribution in [0.4, 0.5) is 0 Å². The summed E-state index contributed by atoms with van der Waals surface area (Å²) in [6.07, 6.45) is 2.86. The van der Waals surface area contributed by atoms with Gasteiger partial charge in [-0.05, 0) is 30.9 Å². The van der Waals surface area contributed by atoms with Gasteiger partial charge in [-0.25, -0.2) is 0 Å². The summed E-state index contributed by atoms with van der Waals surface area (Å²) in [5, 5.41) is 2.32. The number of fused-ring (bicyclic) bond motifs is 1. The summed E-state index contributed by atoms with van der Waals surface area (Å²) >= 11 is 0. The fraction of sp³-hybridized carbons (Fsp3) is 0.308. The highest BCUT2D eigenvalue weighted by atomic mass is 16.5. The van der Waals surface area contributed by atoms with Crippen molar-refractivity contribution in [3.05, 3.63) is 36.2 Å². The molecule has 2 aromatic rings. The van der Waals surface area contributed by atoms with E-state index in [0.29, 0.717) is 0 Å². The molecule has 2 rings (SSSR count). The van der Waals surface area contributed by atoms with E-state index in [1.807, 2.05) is 31.3 Å². The van der Waals surface area contributed by atoms with E-state index in [9.17, 15) is 0 Å². The molecule has 0 spiro atoms. The average molecular weight is 201 g/mol. The normalized spacial score (nSPS) is 10.5. The largest absolute Gasteiger partial charge is 0.493 e. The van der Waals surface area contributed by atoms with E-state index in [2.05, 4.69) is 18.0 Å². The van der Waals surface area contributed by atoms with Crippen molar-refractivity contribution in [2.45, 2.75) is 20.3 Å². The minimum atomic E-state index is 0.757. The Morgan fingerprint density at radius 3 is 2.93 bits per heavy atom. The summed E-state index contributed by atoms with van der Waals surface area (Å²) < 4.78 is 5.71. The summed E-state index contributed by atoms with van der Waals surface area (Å²) in [6, 6.07) is 8.13. The number of ether oxygens (including phenoxy) is 1. The molecule has 0 fully saturated rings. The fourth-order valence-corrected chi connectivity index (χ4v) is 1.70. The summed E-state index contributed by atoms with van der Waals surface area (Å²) in [6.45, 7) is 4.88. The van der Waals surface area contributed by atoms with E-state index in [0.717, 1.165) is 29.9 Å². The van der Waals surface area contributed by atoms with Crippen molar-refractivity contribution in [3.8, 4) is 5.75 Å². The third kappa shape index (κ3) is 1.94. The molecule has 1 heterocycles. The zero-order valence-electron chi connectivity index (χ0n) is 9.16. The minimum Gasteiger partial charge on any atom is -0.493 e. The number of pyridine rings is 1. The van der Waals surface area contributed by atoms with Gasteiger partial charge in [-0.2, -0.15) is 0 Å². The molecule has 1 aromatic heterocycles. The van der Waals surface area contributed by atoms with Gasteiger partial charge in [0, 0.05) is 17.3 Å². The highest BCUT2D eigenvalue weighted by molar-refractivity contribution is 5.89. The molecular formula is C13H15NO. The number of hydrogen-bond acceptors (Lipinski definition) is 2. The van der Waals surface area contributed by atoms with Crippen LogP contribution >= 0.6 is 0 Å². The third-order valence-electron chi connectivity index (χ3n) is 2.40. The quantitative estimate of drug-likeness (QED) is 0.759. The first-order chi connectivity index (χ1) is 7.33. The summed E-state index contributed by atoms with van der Waals surface area (Å²) in [5.41, 5.74) is 1.03. The number of benzene rings is 1. The van der Waals surface area contributed by atoms with Gasteiger partial charge < -0.3 is 4.74 Å². The van der Waals surface area contributed by atoms with Gasteiger partial charge >= 0.3 is 0 Å². The molecule has 1 aromatic carbocycles. The molecule has 0 saturated heterocycles. The Balaban J connectivity index is 2.53. The first-order valence-electron chi connectivity index (χ1n) is 5.30. The van der Waals surface area contributed by atoms with E-state index in [1.165, 1.54) is 5.39 Å². The Hall–Kier alpha value is -1.57. The van der Waals surface area contributed by atoms with Crippen LogP contribution in [0, 0.1) is 6.92 Å². The van der Waals surface area contributed by atoms with Gasteiger partial charge in [0.25, 0.3) is 0 Å². The Morgan fingerprint density at radius 1 is 1.27 bits per heavy atom. The van der Waals surface area contributed by atoms with Crippen molar-refractivity contribution in [2.75, 3.05) is 6.61 Å². The molecule has 2 nitrogen and oxygen atoms in total. The Morgan fingerprint density at radius 2 is 2.13 bits per heavy atom. The van der Waals surface area contributed by atoms with Crippen LogP contribution in [0.1, 0.15) is 19.0 Å². The Labute approximate surface area is 89.9 Å². The number of aromatic nitrogens is 1. The molecule has 15 heavy (non-hydrogen) atoms. The monoisotopic (exact) mass is 201 g/mol. The van der Waals surface area contributed by atoms with Gasteiger partial charge in [0.15, 0.2) is 0 Å². The van der Waals surface area contributed by atoms with Crippen LogP contribution in [-0.4, -0.2) is 11.6 Å². The van der Waals surface area contributed by atoms with Gasteiger partial charge in [-0.15, -0.1) is 0 Å². The molecule has 0 N–H and O–H groups in total. The first-order valence-corrected chi connectivity index (χ1v) is 5.30. The lowest BCUT2D eigenvalue weighted by Crippen LogP contribution is -1.96. The van der Waals surface area contributed by atoms with Crippen molar-refractivity contribution in [1.29, 1.82) is 0 Å². The molecule has 0 amide bonds. The number of rotatable bonds is 3. The van der Waals surface area contributed by atoms with Gasteiger partial charge in [0.2, 0.25) is 0 Å². The minimum absolute atomic E-state index is 0.757. The maximum absolute atomic E-state index is 5.71. The second-order valence-corrected chi connectivity index (χ2v) is 3.60. The molecule has 0 saturated carbocycles. The van der Waals surface area contributed by atoms with E-state index < -0.39 is 0 Å². The molecule has 0 bridgehead atoms. The highest BCUT2D eigenvalue weighted by Gasteiger charge is 2.04. The molecule has 0 radical (unpaired) electrons. The Kier molecular flexibility index (Phi) is 2.86. The van der Waals surface area contributed by atoms with Crippen LogP contribution in [-0.2, 0) is 0 Å². The zero-order valence-corrected chi connectivity index (χ0v) is 9.16. The van der Waals surface area contributed by atoms with Crippen LogP contribution < -0.4 is 4.74 Å². The summed E-state index contributed by atoms with van der Waals surface area (Å²) in [4.78, 5) is 4.30. The number of aryl methyl sites for hydroxylation is 1. The van der Waals surface area contributed by atoms with Crippen LogP contribution in [0.25, 0.3) is 10.8 Å². The predicted molar refractivity (Wildman–Crippen MR) is 62.3 cm³/mol. The van der Waals surface area contributed by atoms with Crippen molar-refractivity contribution < 1.29 is 4.74 Å². The van der Waals surface area contributed by atoms with Crippen LogP contribution in [0.15, 0.2) is 30.5 Å². The lowest BCUT2D eigenvalue weighted by atomic mass is 10.1. The smallest absolute Gasteiger partial charge is 0.128 e. The summed E-state index contributed by atoms with van der Waals surface area (Å²) in [7, 11) is 0. The third-order valence-corrected chi connectivity index (χ3v) is 2.40. The average Bonchev–Trinajstić information content (AvgIpc) is 2.26. The molecule has 0 atom stereocenters. The van der Waals surface area contributed by atoms with E-state index in [4.69, 9.17) is 4.74 Å². The molecule has 0 aliphatic rings. The van der Waals surface area contributed by atoms with E-state index in [1.54, 1.807) is 0 Å². The zero-order chi connectivity index (χ0) is 10.7. The van der Waals surface area contributed by atoms with Gasteiger partial charge in [0.05, 0.1) is 6.61 Å². The lowest BCUT2D eigenvalue weighted by molar-refractivity contribution is 0.321. The van der Waals surface area contributed by atoms with Crippen molar-refractivity contribution in [1.82, 2.24) is 4.98 Å². The second kappa shape index (κ2) is 4.30. The SMILES string of the molecule is CCCOc1cccc2ccnc(C)c12. The maximum Gasteiger partial charge on any atom is 0.128 e. The first kappa shape index (κ1) is 9.97. The van der Waals surface area contributed by atoms with E-state index in [-0.39, 0.29) is 0 Å². The number of hydrogen-bond donors (Lipinski definition) is 0. The maximum atomic E-state index is 5.71. The van der Waals surface area contributed by atoms with Crippen LogP contribution in [0.5, 0.6) is 5.75 Å². The lowest BCUT2D eigenvalue weighted by Gasteiger charge is -2.09. The fourth-order valence-electron chi connectivity index (χ4n) is 1.70. The Bertz CT molecular complexity index is 460. The molecular weight excluding hydrogens is 186 g/mol. The topological polar surface area (TPSA) is 22.1 Å². The molecule has 0 aliphatic heterocycles. The molecule has 78 valence electrons. The molecule has 0 unspecified atom stereocenters. The van der Waals surface area contributed by atoms with Gasteiger partial charge in [-0.3, -0.25) is 4.98 Å². The number of nitrogens with zero attached hydrogens (tertiary/aromatic N) is 1. The standard InChI is InChI=1S/C13H15NO/c1-3-9-15-12-6-4-5-11-7-8-14-10(2)13(11)12/h4-8H,3,9H2,1-2H3. The van der Waals surface area contributed by atoms with Crippen molar-refractivity contribution in [3.63, 3.8) is 0 Å². The van der Waals surface area contributed by atoms with Crippen molar-refractivity contribution >= 4 is 10.8 Å². The molecule has 0 aliphatic carbocycles.